The van der Waals surface area contributed by atoms with E-state index in [4.69, 9.17) is 11.6 Å². The van der Waals surface area contributed by atoms with Crippen molar-refractivity contribution in [2.24, 2.45) is 0 Å². The summed E-state index contributed by atoms with van der Waals surface area (Å²) in [6.07, 6.45) is -4.40. The first-order valence-corrected chi connectivity index (χ1v) is 10.6. The van der Waals surface area contributed by atoms with Gasteiger partial charge in [0.05, 0.1) is 6.54 Å². The summed E-state index contributed by atoms with van der Waals surface area (Å²) in [6.45, 7) is 4.16. The van der Waals surface area contributed by atoms with Gasteiger partial charge in [0.2, 0.25) is 5.95 Å². The third-order valence-electron chi connectivity index (χ3n) is 4.92. The number of pyridine rings is 1. The van der Waals surface area contributed by atoms with Gasteiger partial charge >= 0.3 is 11.9 Å². The molecule has 7 nitrogen and oxygen atoms in total. The molecule has 3 aromatic heterocycles. The van der Waals surface area contributed by atoms with E-state index in [2.05, 4.69) is 19.9 Å². The van der Waals surface area contributed by atoms with Gasteiger partial charge in [0.1, 0.15) is 21.7 Å². The molecule has 31 heavy (non-hydrogen) atoms. The molecule has 0 saturated carbocycles. The van der Waals surface area contributed by atoms with Crippen LogP contribution in [-0.2, 0) is 12.7 Å². The fraction of sp³-hybridized carbons (Fsp3) is 0.368. The van der Waals surface area contributed by atoms with E-state index in [1.165, 1.54) is 10.6 Å². The Balaban J connectivity index is 1.46. The molecule has 1 fully saturated rings. The van der Waals surface area contributed by atoms with E-state index in [-0.39, 0.29) is 6.54 Å². The number of aromatic nitrogens is 4. The third kappa shape index (κ3) is 4.82. The summed E-state index contributed by atoms with van der Waals surface area (Å²) < 4.78 is 39.7. The Morgan fingerprint density at radius 1 is 1.03 bits per heavy atom. The smallest absolute Gasteiger partial charge is 0.353 e. The molecule has 0 aliphatic carbocycles. The second-order valence-corrected chi connectivity index (χ2v) is 8.55. The molecule has 0 amide bonds. The van der Waals surface area contributed by atoms with Crippen LogP contribution in [0.25, 0.3) is 0 Å². The minimum Gasteiger partial charge on any atom is -0.353 e. The molecule has 0 bridgehead atoms. The Bertz CT molecular complexity index is 1140. The lowest BCUT2D eigenvalue weighted by atomic mass is 10.3. The number of piperazine rings is 1. The first-order chi connectivity index (χ1) is 14.7. The summed E-state index contributed by atoms with van der Waals surface area (Å²) in [6, 6.07) is 7.83. The maximum Gasteiger partial charge on any atom is 0.425 e. The van der Waals surface area contributed by atoms with Crippen LogP contribution in [0.5, 0.6) is 0 Å². The Morgan fingerprint density at radius 3 is 2.35 bits per heavy atom. The number of alkyl halides is 3. The summed E-state index contributed by atoms with van der Waals surface area (Å²) in [7, 11) is 0. The zero-order valence-corrected chi connectivity index (χ0v) is 18.0. The normalized spacial score (nSPS) is 14.9. The molecule has 0 N–H and O–H groups in total. The zero-order chi connectivity index (χ0) is 22.2. The van der Waals surface area contributed by atoms with Crippen molar-refractivity contribution in [3.05, 3.63) is 61.5 Å². The molecule has 12 heteroatoms. The van der Waals surface area contributed by atoms with Gasteiger partial charge in [0.25, 0.3) is 0 Å². The van der Waals surface area contributed by atoms with Crippen LogP contribution in [0.4, 0.5) is 24.9 Å². The van der Waals surface area contributed by atoms with Crippen LogP contribution in [-0.4, -0.2) is 45.7 Å². The predicted molar refractivity (Wildman–Crippen MR) is 113 cm³/mol. The van der Waals surface area contributed by atoms with Gasteiger partial charge in [-0.15, -0.1) is 11.3 Å². The monoisotopic (exact) mass is 470 g/mol. The van der Waals surface area contributed by atoms with Gasteiger partial charge in [-0.25, -0.2) is 9.78 Å². The molecule has 0 spiro atoms. The van der Waals surface area contributed by atoms with Crippen molar-refractivity contribution in [1.29, 1.82) is 0 Å². The van der Waals surface area contributed by atoms with Crippen molar-refractivity contribution in [2.45, 2.75) is 19.6 Å². The molecule has 1 saturated heterocycles. The second kappa shape index (κ2) is 8.46. The molecule has 0 radical (unpaired) electrons. The van der Waals surface area contributed by atoms with Gasteiger partial charge in [-0.3, -0.25) is 4.57 Å². The Morgan fingerprint density at radius 2 is 1.74 bits per heavy atom. The summed E-state index contributed by atoms with van der Waals surface area (Å²) in [5.74, 6) is 1.50. The van der Waals surface area contributed by atoms with E-state index in [9.17, 15) is 18.0 Å². The fourth-order valence-electron chi connectivity index (χ4n) is 3.32. The number of rotatable bonds is 4. The largest absolute Gasteiger partial charge is 0.425 e. The fourth-order valence-corrected chi connectivity index (χ4v) is 4.34. The highest BCUT2D eigenvalue weighted by Crippen LogP contribution is 2.34. The number of thiophene rings is 1. The first-order valence-electron chi connectivity index (χ1n) is 9.44. The molecule has 0 unspecified atom stereocenters. The quantitative estimate of drug-likeness (QED) is 0.544. The van der Waals surface area contributed by atoms with Crippen LogP contribution in [0, 0.1) is 6.92 Å². The van der Waals surface area contributed by atoms with Gasteiger partial charge in [0, 0.05) is 31.1 Å². The summed E-state index contributed by atoms with van der Waals surface area (Å²) in [5.41, 5.74) is -0.539. The molecule has 3 aromatic rings. The van der Waals surface area contributed by atoms with Crippen LogP contribution in [0.2, 0.25) is 5.15 Å². The van der Waals surface area contributed by atoms with Crippen LogP contribution in [0.15, 0.2) is 35.1 Å². The van der Waals surface area contributed by atoms with E-state index >= 15 is 0 Å². The maximum atomic E-state index is 12.8. The molecule has 164 valence electrons. The molecular weight excluding hydrogens is 453 g/mol. The number of anilines is 2. The van der Waals surface area contributed by atoms with Gasteiger partial charge in [-0.05, 0) is 31.2 Å². The van der Waals surface area contributed by atoms with E-state index in [1.807, 2.05) is 17.0 Å². The van der Waals surface area contributed by atoms with Crippen molar-refractivity contribution in [3.63, 3.8) is 0 Å². The summed E-state index contributed by atoms with van der Waals surface area (Å²) in [4.78, 5) is 29.1. The minimum absolute atomic E-state index is 0.0000922. The molecular formula is C19H18ClF3N6OS. The highest BCUT2D eigenvalue weighted by atomic mass is 35.5. The number of hydrogen-bond acceptors (Lipinski definition) is 7. The number of halogens is 4. The molecule has 4 heterocycles. The van der Waals surface area contributed by atoms with E-state index in [1.54, 1.807) is 13.0 Å². The van der Waals surface area contributed by atoms with Crippen molar-refractivity contribution in [1.82, 2.24) is 19.5 Å². The van der Waals surface area contributed by atoms with Crippen LogP contribution < -0.4 is 15.5 Å². The number of nitrogens with zero attached hydrogens (tertiary/aromatic N) is 6. The Labute approximate surface area is 184 Å². The van der Waals surface area contributed by atoms with Gasteiger partial charge in [0.15, 0.2) is 0 Å². The molecule has 0 atom stereocenters. The average molecular weight is 471 g/mol. The lowest BCUT2D eigenvalue weighted by molar-refractivity contribution is -0.134. The summed E-state index contributed by atoms with van der Waals surface area (Å²) >= 11 is 6.57. The van der Waals surface area contributed by atoms with Crippen molar-refractivity contribution >= 4 is 34.7 Å². The zero-order valence-electron chi connectivity index (χ0n) is 16.4. The summed E-state index contributed by atoms with van der Waals surface area (Å²) in [5, 5.41) is 0.426. The van der Waals surface area contributed by atoms with Crippen molar-refractivity contribution in [3.8, 4) is 0 Å². The third-order valence-corrected chi connectivity index (χ3v) is 6.25. The molecule has 4 rings (SSSR count). The van der Waals surface area contributed by atoms with Gasteiger partial charge in [-0.1, -0.05) is 17.7 Å². The number of aryl methyl sites for hydroxylation is 1. The maximum absolute atomic E-state index is 12.8. The molecule has 1 aliphatic rings. The van der Waals surface area contributed by atoms with Crippen molar-refractivity contribution in [2.75, 3.05) is 36.0 Å². The highest BCUT2D eigenvalue weighted by Gasteiger charge is 2.32. The minimum atomic E-state index is -4.40. The van der Waals surface area contributed by atoms with Crippen molar-refractivity contribution < 1.29 is 13.2 Å². The Hall–Kier alpha value is -2.66. The van der Waals surface area contributed by atoms with Crippen LogP contribution in [0.1, 0.15) is 15.6 Å². The molecule has 0 aromatic carbocycles. The standard InChI is InChI=1S/C19H18ClF3N6OS/c1-12-24-17(28-9-7-27(8-10-28)16-4-2-3-15(20)25-16)26-18(30)29(12)11-13-5-6-14(31-13)19(21,22)23/h2-6H,7-11H2,1H3. The average Bonchev–Trinajstić information content (AvgIpc) is 3.20. The SMILES string of the molecule is Cc1nc(N2CCN(c3cccc(Cl)n3)CC2)nc(=O)n1Cc1ccc(C(F)(F)F)s1. The van der Waals surface area contributed by atoms with Gasteiger partial charge < -0.3 is 9.80 Å². The first kappa shape index (κ1) is 21.6. The highest BCUT2D eigenvalue weighted by molar-refractivity contribution is 7.12. The number of hydrogen-bond donors (Lipinski definition) is 0. The van der Waals surface area contributed by atoms with Crippen LogP contribution in [0.3, 0.4) is 0 Å². The Kier molecular flexibility index (Phi) is 5.89. The lowest BCUT2D eigenvalue weighted by Gasteiger charge is -2.35. The second-order valence-electron chi connectivity index (χ2n) is 7.00. The van der Waals surface area contributed by atoms with E-state index < -0.39 is 16.7 Å². The topological polar surface area (TPSA) is 67.2 Å². The van der Waals surface area contributed by atoms with Gasteiger partial charge in [-0.2, -0.15) is 23.1 Å². The van der Waals surface area contributed by atoms with Crippen LogP contribution >= 0.6 is 22.9 Å². The van der Waals surface area contributed by atoms with E-state index in [0.29, 0.717) is 59.3 Å². The lowest BCUT2D eigenvalue weighted by Crippen LogP contribution is -2.48. The molecule has 1 aliphatic heterocycles. The van der Waals surface area contributed by atoms with E-state index in [0.717, 1.165) is 11.9 Å². The predicted octanol–water partition coefficient (Wildman–Crippen LogP) is 3.45.